The van der Waals surface area contributed by atoms with E-state index in [4.69, 9.17) is 9.97 Å². The van der Waals surface area contributed by atoms with E-state index >= 15 is 0 Å². The molecular formula is C19H32N6O. The molecule has 0 bridgehead atoms. The van der Waals surface area contributed by atoms with Crippen LogP contribution in [-0.2, 0) is 17.8 Å². The molecule has 1 amide bonds. The minimum absolute atomic E-state index is 0.226. The molecule has 1 aromatic heterocycles. The van der Waals surface area contributed by atoms with Crippen LogP contribution in [0.1, 0.15) is 49.7 Å². The molecule has 7 heteroatoms. The van der Waals surface area contributed by atoms with Gasteiger partial charge in [-0.3, -0.25) is 9.69 Å². The Morgan fingerprint density at radius 3 is 2.88 bits per heavy atom. The lowest BCUT2D eigenvalue weighted by Gasteiger charge is -2.33. The molecule has 0 aromatic carbocycles. The van der Waals surface area contributed by atoms with Crippen molar-refractivity contribution >= 4 is 11.7 Å². The number of hydrogen-bond donors (Lipinski definition) is 2. The molecule has 3 rings (SSSR count). The summed E-state index contributed by atoms with van der Waals surface area (Å²) in [6, 6.07) is 0. The molecule has 7 nitrogen and oxygen atoms in total. The minimum atomic E-state index is 0.226. The predicted octanol–water partition coefficient (Wildman–Crippen LogP) is 1.21. The largest absolute Gasteiger partial charge is 0.373 e. The Morgan fingerprint density at radius 2 is 2.15 bits per heavy atom. The molecule has 144 valence electrons. The molecular weight excluding hydrogens is 328 g/mol. The maximum atomic E-state index is 12.4. The Kier molecular flexibility index (Phi) is 6.43. The normalized spacial score (nSPS) is 20.5. The van der Waals surface area contributed by atoms with Gasteiger partial charge in [0.15, 0.2) is 0 Å². The summed E-state index contributed by atoms with van der Waals surface area (Å²) in [4.78, 5) is 26.4. The third kappa shape index (κ3) is 4.15. The predicted molar refractivity (Wildman–Crippen MR) is 103 cm³/mol. The molecule has 0 saturated carbocycles. The van der Waals surface area contributed by atoms with Gasteiger partial charge in [0, 0.05) is 57.7 Å². The first-order valence-electron chi connectivity index (χ1n) is 9.94. The molecule has 1 aromatic rings. The lowest BCUT2D eigenvalue weighted by atomic mass is 9.96. The number of hydrogen-bond acceptors (Lipinski definition) is 6. The summed E-state index contributed by atoms with van der Waals surface area (Å²) in [7, 11) is 1.93. The molecule has 1 saturated heterocycles. The molecule has 1 atom stereocenters. The molecule has 2 aliphatic heterocycles. The number of fused-ring (bicyclic) bond motifs is 1. The van der Waals surface area contributed by atoms with Crippen molar-refractivity contribution in [1.82, 2.24) is 25.1 Å². The summed E-state index contributed by atoms with van der Waals surface area (Å²) in [6.07, 6.45) is 3.14. The van der Waals surface area contributed by atoms with Crippen molar-refractivity contribution in [3.63, 3.8) is 0 Å². The van der Waals surface area contributed by atoms with Crippen LogP contribution in [0.5, 0.6) is 0 Å². The second kappa shape index (κ2) is 8.77. The zero-order valence-electron chi connectivity index (χ0n) is 16.3. The average Bonchev–Trinajstić information content (AvgIpc) is 2.68. The molecule has 1 unspecified atom stereocenters. The highest BCUT2D eigenvalue weighted by Gasteiger charge is 2.27. The third-order valence-corrected chi connectivity index (χ3v) is 5.53. The number of likely N-dealkylation sites (tertiary alicyclic amines) is 1. The monoisotopic (exact) mass is 360 g/mol. The number of likely N-dealkylation sites (N-methyl/N-ethyl adjacent to an activating group) is 1. The number of nitrogens with one attached hydrogen (secondary N) is 2. The van der Waals surface area contributed by atoms with Crippen molar-refractivity contribution in [3.8, 4) is 0 Å². The van der Waals surface area contributed by atoms with Crippen LogP contribution in [0, 0.1) is 0 Å². The smallest absolute Gasteiger partial charge is 0.236 e. The van der Waals surface area contributed by atoms with Crippen LogP contribution in [0.3, 0.4) is 0 Å². The SMILES string of the molecule is CCN(CC)C(=O)CN1CCCC(c2nc3c(c(NC)n2)CNCC3)C1. The van der Waals surface area contributed by atoms with E-state index in [1.807, 2.05) is 25.8 Å². The minimum Gasteiger partial charge on any atom is -0.373 e. The zero-order valence-corrected chi connectivity index (χ0v) is 16.3. The molecule has 2 aliphatic rings. The summed E-state index contributed by atoms with van der Waals surface area (Å²) in [6.45, 7) is 9.80. The van der Waals surface area contributed by atoms with Crippen LogP contribution >= 0.6 is 0 Å². The van der Waals surface area contributed by atoms with Gasteiger partial charge < -0.3 is 15.5 Å². The molecule has 0 radical (unpaired) electrons. The summed E-state index contributed by atoms with van der Waals surface area (Å²) in [5.74, 6) is 2.42. The van der Waals surface area contributed by atoms with Gasteiger partial charge in [-0.15, -0.1) is 0 Å². The number of carbonyl (C=O) groups is 1. The Bertz CT molecular complexity index is 613. The molecule has 2 N–H and O–H groups in total. The fourth-order valence-corrected chi connectivity index (χ4v) is 4.03. The standard InChI is InChI=1S/C19H32N6O/c1-4-25(5-2)17(26)13-24-10-6-7-14(12-24)18-22-16-8-9-21-11-15(16)19(20-3)23-18/h14,21H,4-13H2,1-3H3,(H,20,22,23). The molecule has 3 heterocycles. The van der Waals surface area contributed by atoms with Gasteiger partial charge in [-0.1, -0.05) is 0 Å². The van der Waals surface area contributed by atoms with Crippen LogP contribution in [0.25, 0.3) is 0 Å². The van der Waals surface area contributed by atoms with Gasteiger partial charge in [-0.2, -0.15) is 0 Å². The first kappa shape index (κ1) is 19.0. The summed E-state index contributed by atoms with van der Waals surface area (Å²) < 4.78 is 0. The molecule has 26 heavy (non-hydrogen) atoms. The molecule has 0 spiro atoms. The second-order valence-corrected chi connectivity index (χ2v) is 7.17. The number of piperidine rings is 1. The molecule has 1 fully saturated rings. The average molecular weight is 361 g/mol. The Hall–Kier alpha value is -1.73. The van der Waals surface area contributed by atoms with E-state index in [-0.39, 0.29) is 5.91 Å². The number of carbonyl (C=O) groups excluding carboxylic acids is 1. The quantitative estimate of drug-likeness (QED) is 0.794. The first-order valence-corrected chi connectivity index (χ1v) is 9.94. The van der Waals surface area contributed by atoms with Crippen LogP contribution < -0.4 is 10.6 Å². The van der Waals surface area contributed by atoms with Gasteiger partial charge >= 0.3 is 0 Å². The highest BCUT2D eigenvalue weighted by Crippen LogP contribution is 2.28. The van der Waals surface area contributed by atoms with Crippen LogP contribution in [0.2, 0.25) is 0 Å². The summed E-state index contributed by atoms with van der Waals surface area (Å²) >= 11 is 0. The van der Waals surface area contributed by atoms with E-state index < -0.39 is 0 Å². The first-order chi connectivity index (χ1) is 12.7. The topological polar surface area (TPSA) is 73.4 Å². The van der Waals surface area contributed by atoms with Crippen molar-refractivity contribution in [3.05, 3.63) is 17.1 Å². The molecule has 0 aliphatic carbocycles. The van der Waals surface area contributed by atoms with Gasteiger partial charge in [-0.25, -0.2) is 9.97 Å². The van der Waals surface area contributed by atoms with Gasteiger partial charge in [0.25, 0.3) is 0 Å². The van der Waals surface area contributed by atoms with Gasteiger partial charge in [0.05, 0.1) is 12.2 Å². The second-order valence-electron chi connectivity index (χ2n) is 7.17. The maximum absolute atomic E-state index is 12.4. The van der Waals surface area contributed by atoms with Gasteiger partial charge in [0.2, 0.25) is 5.91 Å². The van der Waals surface area contributed by atoms with Crippen molar-refractivity contribution in [2.75, 3.05) is 51.6 Å². The van der Waals surface area contributed by atoms with Crippen molar-refractivity contribution < 1.29 is 4.79 Å². The zero-order chi connectivity index (χ0) is 18.5. The fourth-order valence-electron chi connectivity index (χ4n) is 4.03. The summed E-state index contributed by atoms with van der Waals surface area (Å²) in [5.41, 5.74) is 2.38. The highest BCUT2D eigenvalue weighted by molar-refractivity contribution is 5.78. The van der Waals surface area contributed by atoms with Crippen molar-refractivity contribution in [2.24, 2.45) is 0 Å². The van der Waals surface area contributed by atoms with Crippen molar-refractivity contribution in [1.29, 1.82) is 0 Å². The Morgan fingerprint density at radius 1 is 1.35 bits per heavy atom. The van der Waals surface area contributed by atoms with Gasteiger partial charge in [0.1, 0.15) is 11.6 Å². The van der Waals surface area contributed by atoms with E-state index in [1.165, 1.54) is 11.3 Å². The van der Waals surface area contributed by atoms with E-state index in [0.29, 0.717) is 12.5 Å². The van der Waals surface area contributed by atoms with E-state index in [1.54, 1.807) is 0 Å². The summed E-state index contributed by atoms with van der Waals surface area (Å²) in [5, 5.41) is 6.64. The van der Waals surface area contributed by atoms with Gasteiger partial charge in [-0.05, 0) is 33.2 Å². The highest BCUT2D eigenvalue weighted by atomic mass is 16.2. The van der Waals surface area contributed by atoms with E-state index in [2.05, 4.69) is 15.5 Å². The number of nitrogens with zero attached hydrogens (tertiary/aromatic N) is 4. The lowest BCUT2D eigenvalue weighted by Crippen LogP contribution is -2.44. The number of aromatic nitrogens is 2. The Labute approximate surface area is 156 Å². The third-order valence-electron chi connectivity index (χ3n) is 5.53. The van der Waals surface area contributed by atoms with E-state index in [0.717, 1.165) is 70.2 Å². The number of anilines is 1. The lowest BCUT2D eigenvalue weighted by molar-refractivity contribution is -0.132. The fraction of sp³-hybridized carbons (Fsp3) is 0.737. The van der Waals surface area contributed by atoms with Crippen LogP contribution in [-0.4, -0.2) is 72.0 Å². The number of amides is 1. The van der Waals surface area contributed by atoms with Crippen LogP contribution in [0.15, 0.2) is 0 Å². The Balaban J connectivity index is 1.72. The maximum Gasteiger partial charge on any atom is 0.236 e. The van der Waals surface area contributed by atoms with Crippen molar-refractivity contribution in [2.45, 2.75) is 45.6 Å². The van der Waals surface area contributed by atoms with E-state index in [9.17, 15) is 4.79 Å². The van der Waals surface area contributed by atoms with Crippen LogP contribution in [0.4, 0.5) is 5.82 Å². The number of rotatable bonds is 6.